The van der Waals surface area contributed by atoms with E-state index in [1.807, 2.05) is 0 Å². The monoisotopic (exact) mass is 312 g/mol. The second kappa shape index (κ2) is 7.02. The molecule has 1 aromatic heterocycles. The van der Waals surface area contributed by atoms with Crippen LogP contribution in [0.4, 0.5) is 11.5 Å². The average Bonchev–Trinajstić information content (AvgIpc) is 2.37. The third-order valence-corrected chi connectivity index (χ3v) is 4.27. The lowest BCUT2D eigenvalue weighted by molar-refractivity contribution is -0.385. The summed E-state index contributed by atoms with van der Waals surface area (Å²) < 4.78 is 0. The van der Waals surface area contributed by atoms with Crippen LogP contribution in [-0.4, -0.2) is 21.4 Å². The number of nitrogens with zero attached hydrogens (tertiary/aromatic N) is 3. The molecule has 0 bridgehead atoms. The van der Waals surface area contributed by atoms with Gasteiger partial charge in [-0.1, -0.05) is 26.2 Å². The minimum absolute atomic E-state index is 0.0342. The molecule has 1 aliphatic carbocycles. The highest BCUT2D eigenvalue weighted by atomic mass is 35.5. The zero-order chi connectivity index (χ0) is 15.4. The first-order chi connectivity index (χ1) is 9.97. The molecule has 21 heavy (non-hydrogen) atoms. The molecule has 1 saturated carbocycles. The summed E-state index contributed by atoms with van der Waals surface area (Å²) in [5.74, 6) is 1.70. The highest BCUT2D eigenvalue weighted by molar-refractivity contribution is 6.28. The first kappa shape index (κ1) is 15.9. The summed E-state index contributed by atoms with van der Waals surface area (Å²) in [5, 5.41) is 14.2. The van der Waals surface area contributed by atoms with Gasteiger partial charge in [0.05, 0.1) is 4.92 Å². The molecular weight excluding hydrogens is 292 g/mol. The number of nitrogens with one attached hydrogen (secondary N) is 1. The van der Waals surface area contributed by atoms with Gasteiger partial charge in [0.2, 0.25) is 11.1 Å². The molecule has 2 unspecified atom stereocenters. The van der Waals surface area contributed by atoms with Crippen molar-refractivity contribution in [1.82, 2.24) is 9.97 Å². The first-order valence-corrected chi connectivity index (χ1v) is 7.77. The normalized spacial score (nSPS) is 22.0. The van der Waals surface area contributed by atoms with Crippen molar-refractivity contribution in [2.45, 2.75) is 46.0 Å². The molecule has 1 aliphatic rings. The Morgan fingerprint density at radius 2 is 2.19 bits per heavy atom. The van der Waals surface area contributed by atoms with E-state index >= 15 is 0 Å². The summed E-state index contributed by atoms with van der Waals surface area (Å²) in [7, 11) is 0. The van der Waals surface area contributed by atoms with E-state index in [1.165, 1.54) is 25.7 Å². The van der Waals surface area contributed by atoms with E-state index in [9.17, 15) is 10.1 Å². The molecule has 0 amide bonds. The Bertz CT molecular complexity index is 524. The number of nitro groups is 1. The van der Waals surface area contributed by atoms with E-state index < -0.39 is 4.92 Å². The predicted molar refractivity (Wildman–Crippen MR) is 82.7 cm³/mol. The third-order valence-electron chi connectivity index (χ3n) is 4.10. The largest absolute Gasteiger partial charge is 0.364 e. The first-order valence-electron chi connectivity index (χ1n) is 7.39. The summed E-state index contributed by atoms with van der Waals surface area (Å²) >= 11 is 5.79. The Hall–Kier alpha value is -1.43. The Labute approximate surface area is 129 Å². The second-order valence-electron chi connectivity index (χ2n) is 5.89. The quantitative estimate of drug-likeness (QED) is 0.505. The van der Waals surface area contributed by atoms with Crippen LogP contribution >= 0.6 is 11.6 Å². The molecule has 7 heteroatoms. The van der Waals surface area contributed by atoms with Crippen molar-refractivity contribution in [2.24, 2.45) is 11.8 Å². The van der Waals surface area contributed by atoms with Gasteiger partial charge in [0.15, 0.2) is 0 Å². The van der Waals surface area contributed by atoms with Crippen LogP contribution in [0.2, 0.25) is 5.28 Å². The van der Waals surface area contributed by atoms with Gasteiger partial charge in [-0.2, -0.15) is 4.98 Å². The van der Waals surface area contributed by atoms with Crippen molar-refractivity contribution < 1.29 is 4.92 Å². The van der Waals surface area contributed by atoms with Crippen LogP contribution in [0.1, 0.15) is 44.7 Å². The highest BCUT2D eigenvalue weighted by Crippen LogP contribution is 2.31. The highest BCUT2D eigenvalue weighted by Gasteiger charge is 2.22. The Morgan fingerprint density at radius 1 is 1.43 bits per heavy atom. The standard InChI is InChI=1S/C14H21ClN4O2/c1-9-4-3-5-11(8-9)6-7-16-13-12(19(20)21)10(2)17-14(15)18-13/h9,11H,3-8H2,1-2H3,(H,16,17,18). The van der Waals surface area contributed by atoms with Crippen LogP contribution in [-0.2, 0) is 0 Å². The van der Waals surface area contributed by atoms with Gasteiger partial charge in [0.25, 0.3) is 0 Å². The fraction of sp³-hybridized carbons (Fsp3) is 0.714. The van der Waals surface area contributed by atoms with Gasteiger partial charge in [-0.25, -0.2) is 4.98 Å². The third kappa shape index (κ3) is 4.27. The molecule has 1 fully saturated rings. The lowest BCUT2D eigenvalue weighted by Crippen LogP contribution is -2.17. The van der Waals surface area contributed by atoms with Gasteiger partial charge < -0.3 is 5.32 Å². The van der Waals surface area contributed by atoms with Crippen molar-refractivity contribution in [2.75, 3.05) is 11.9 Å². The number of hydrogen-bond acceptors (Lipinski definition) is 5. The van der Waals surface area contributed by atoms with E-state index in [2.05, 4.69) is 22.2 Å². The predicted octanol–water partition coefficient (Wildman–Crippen LogP) is 3.97. The zero-order valence-electron chi connectivity index (χ0n) is 12.4. The number of hydrogen-bond donors (Lipinski definition) is 1. The molecule has 1 N–H and O–H groups in total. The van der Waals surface area contributed by atoms with E-state index in [-0.39, 0.29) is 22.5 Å². The minimum Gasteiger partial charge on any atom is -0.364 e. The van der Waals surface area contributed by atoms with Crippen LogP contribution in [0.15, 0.2) is 0 Å². The van der Waals surface area contributed by atoms with Crippen LogP contribution in [0.3, 0.4) is 0 Å². The van der Waals surface area contributed by atoms with Crippen LogP contribution in [0.5, 0.6) is 0 Å². The molecule has 1 aromatic rings. The Balaban J connectivity index is 1.98. The van der Waals surface area contributed by atoms with Gasteiger partial charge >= 0.3 is 5.69 Å². The molecule has 1 heterocycles. The molecular formula is C14H21ClN4O2. The van der Waals surface area contributed by atoms with Crippen molar-refractivity contribution in [3.63, 3.8) is 0 Å². The average molecular weight is 313 g/mol. The maximum Gasteiger partial charge on any atom is 0.332 e. The van der Waals surface area contributed by atoms with E-state index in [4.69, 9.17) is 11.6 Å². The maximum atomic E-state index is 11.1. The topological polar surface area (TPSA) is 81.0 Å². The zero-order valence-corrected chi connectivity index (χ0v) is 13.2. The molecule has 0 radical (unpaired) electrons. The number of rotatable bonds is 5. The van der Waals surface area contributed by atoms with Crippen molar-refractivity contribution in [3.8, 4) is 0 Å². The number of halogens is 1. The molecule has 0 aliphatic heterocycles. The summed E-state index contributed by atoms with van der Waals surface area (Å²) in [6, 6.07) is 0. The van der Waals surface area contributed by atoms with Crippen LogP contribution < -0.4 is 5.32 Å². The molecule has 0 aromatic carbocycles. The number of anilines is 1. The second-order valence-corrected chi connectivity index (χ2v) is 6.22. The Kier molecular flexibility index (Phi) is 5.33. The SMILES string of the molecule is Cc1nc(Cl)nc(NCCC2CCCC(C)C2)c1[N+](=O)[O-]. The molecule has 2 atom stereocenters. The minimum atomic E-state index is -0.462. The van der Waals surface area contributed by atoms with E-state index in [0.29, 0.717) is 12.5 Å². The van der Waals surface area contributed by atoms with E-state index in [0.717, 1.165) is 12.3 Å². The van der Waals surface area contributed by atoms with E-state index in [1.54, 1.807) is 6.92 Å². The van der Waals surface area contributed by atoms with Crippen molar-refractivity contribution >= 4 is 23.1 Å². The van der Waals surface area contributed by atoms with Gasteiger partial charge in [0, 0.05) is 6.54 Å². The lowest BCUT2D eigenvalue weighted by atomic mass is 9.81. The van der Waals surface area contributed by atoms with Crippen molar-refractivity contribution in [1.29, 1.82) is 0 Å². The molecule has 0 spiro atoms. The summed E-state index contributed by atoms with van der Waals surface area (Å²) in [6.45, 7) is 4.53. The van der Waals surface area contributed by atoms with Crippen molar-refractivity contribution in [3.05, 3.63) is 21.1 Å². The summed E-state index contributed by atoms with van der Waals surface area (Å²) in [4.78, 5) is 18.4. The number of aromatic nitrogens is 2. The van der Waals surface area contributed by atoms with Gasteiger partial charge in [0.1, 0.15) is 5.69 Å². The fourth-order valence-corrected chi connectivity index (χ4v) is 3.30. The fourth-order valence-electron chi connectivity index (χ4n) is 3.09. The van der Waals surface area contributed by atoms with Crippen LogP contribution in [0, 0.1) is 28.9 Å². The molecule has 2 rings (SSSR count). The molecule has 6 nitrogen and oxygen atoms in total. The lowest BCUT2D eigenvalue weighted by Gasteiger charge is -2.26. The van der Waals surface area contributed by atoms with Gasteiger partial charge in [-0.05, 0) is 43.2 Å². The molecule has 116 valence electrons. The van der Waals surface area contributed by atoms with Crippen LogP contribution in [0.25, 0.3) is 0 Å². The smallest absolute Gasteiger partial charge is 0.332 e. The summed E-state index contributed by atoms with van der Waals surface area (Å²) in [6.07, 6.45) is 6.09. The van der Waals surface area contributed by atoms with Gasteiger partial charge in [-0.15, -0.1) is 0 Å². The van der Waals surface area contributed by atoms with Gasteiger partial charge in [-0.3, -0.25) is 10.1 Å². The molecule has 0 saturated heterocycles. The maximum absolute atomic E-state index is 11.1. The number of aryl methyl sites for hydroxylation is 1. The Morgan fingerprint density at radius 3 is 2.86 bits per heavy atom. The summed E-state index contributed by atoms with van der Waals surface area (Å²) in [5.41, 5.74) is 0.199.